The first kappa shape index (κ1) is 5.59. The summed E-state index contributed by atoms with van der Waals surface area (Å²) in [5.74, 6) is 0. The molecule has 2 rings (SSSR count). The molecule has 0 saturated heterocycles. The van der Waals surface area contributed by atoms with Crippen LogP contribution < -0.4 is 0 Å². The number of nitrogens with zero attached hydrogens (tertiary/aromatic N) is 2. The first-order valence-electron chi connectivity index (χ1n) is 3.34. The predicted octanol–water partition coefficient (Wildman–Crippen LogP) is 1.73. The van der Waals surface area contributed by atoms with Crippen molar-refractivity contribution in [2.45, 2.75) is 13.3 Å². The lowest BCUT2D eigenvalue weighted by Crippen LogP contribution is -1.90. The maximum absolute atomic E-state index is 4.31. The highest BCUT2D eigenvalue weighted by molar-refractivity contribution is 5.91. The molecule has 0 amide bonds. The van der Waals surface area contributed by atoms with Crippen LogP contribution >= 0.6 is 0 Å². The van der Waals surface area contributed by atoms with Crippen molar-refractivity contribution in [2.24, 2.45) is 4.99 Å². The van der Waals surface area contributed by atoms with Crippen LogP contribution in [0, 0.1) is 0 Å². The summed E-state index contributed by atoms with van der Waals surface area (Å²) in [6.07, 6.45) is 2.74. The Morgan fingerprint density at radius 3 is 3.20 bits per heavy atom. The Morgan fingerprint density at radius 1 is 1.50 bits per heavy atom. The van der Waals surface area contributed by atoms with E-state index < -0.39 is 0 Å². The van der Waals surface area contributed by atoms with Gasteiger partial charge in [0.2, 0.25) is 0 Å². The molecule has 1 aromatic rings. The van der Waals surface area contributed by atoms with Crippen molar-refractivity contribution in [1.29, 1.82) is 0 Å². The van der Waals surface area contributed by atoms with E-state index in [0.717, 1.165) is 23.5 Å². The number of aliphatic imine (C=N–C) groups is 1. The number of aromatic nitrogens is 1. The van der Waals surface area contributed by atoms with Crippen LogP contribution in [0.1, 0.15) is 12.6 Å². The third-order valence-electron chi connectivity index (χ3n) is 1.60. The molecule has 0 aliphatic carbocycles. The Hall–Kier alpha value is -1.18. The normalized spacial score (nSPS) is 14.7. The van der Waals surface area contributed by atoms with Gasteiger partial charge in [0.25, 0.3) is 0 Å². The molecule has 0 saturated carbocycles. The van der Waals surface area contributed by atoms with Crippen LogP contribution in [-0.2, 0) is 6.42 Å². The molecule has 0 N–H and O–H groups in total. The lowest BCUT2D eigenvalue weighted by molar-refractivity contribution is 1.17. The van der Waals surface area contributed by atoms with Crippen molar-refractivity contribution >= 4 is 11.4 Å². The van der Waals surface area contributed by atoms with E-state index in [1.165, 1.54) is 0 Å². The van der Waals surface area contributed by atoms with Crippen LogP contribution in [0.25, 0.3) is 0 Å². The Kier molecular flexibility index (Phi) is 1.07. The summed E-state index contributed by atoms with van der Waals surface area (Å²) in [4.78, 5) is 8.50. The maximum atomic E-state index is 4.31. The van der Waals surface area contributed by atoms with Crippen LogP contribution in [0.2, 0.25) is 0 Å². The second kappa shape index (κ2) is 1.90. The predicted molar refractivity (Wildman–Crippen MR) is 40.7 cm³/mol. The van der Waals surface area contributed by atoms with Gasteiger partial charge in [0.05, 0.1) is 11.4 Å². The third kappa shape index (κ3) is 0.727. The molecule has 0 unspecified atom stereocenters. The minimum atomic E-state index is 0.927. The van der Waals surface area contributed by atoms with Crippen molar-refractivity contribution in [3.8, 4) is 0 Å². The Bertz CT molecular complexity index is 289. The van der Waals surface area contributed by atoms with Gasteiger partial charge in [-0.1, -0.05) is 0 Å². The van der Waals surface area contributed by atoms with E-state index in [2.05, 4.69) is 9.98 Å². The fraction of sp³-hybridized carbons (Fsp3) is 0.250. The van der Waals surface area contributed by atoms with Crippen molar-refractivity contribution in [2.75, 3.05) is 0 Å². The van der Waals surface area contributed by atoms with Gasteiger partial charge >= 0.3 is 0 Å². The van der Waals surface area contributed by atoms with Gasteiger partial charge in [-0.3, -0.25) is 9.98 Å². The Labute approximate surface area is 59.6 Å². The van der Waals surface area contributed by atoms with E-state index in [1.807, 2.05) is 25.3 Å². The quantitative estimate of drug-likeness (QED) is 0.527. The average Bonchev–Trinajstić information content (AvgIpc) is 2.27. The second-order valence-corrected chi connectivity index (χ2v) is 2.49. The molecule has 1 aromatic heterocycles. The number of hydrogen-bond donors (Lipinski definition) is 0. The lowest BCUT2D eigenvalue weighted by atomic mass is 10.2. The summed E-state index contributed by atoms with van der Waals surface area (Å²) < 4.78 is 0. The second-order valence-electron chi connectivity index (χ2n) is 2.49. The van der Waals surface area contributed by atoms with Gasteiger partial charge in [0.15, 0.2) is 0 Å². The molecule has 2 heterocycles. The zero-order valence-electron chi connectivity index (χ0n) is 5.83. The molecule has 0 fully saturated rings. The van der Waals surface area contributed by atoms with E-state index in [9.17, 15) is 0 Å². The molecule has 1 aliphatic rings. The molecule has 0 bridgehead atoms. The highest BCUT2D eigenvalue weighted by Crippen LogP contribution is 2.22. The summed E-state index contributed by atoms with van der Waals surface area (Å²) in [5.41, 5.74) is 3.31. The van der Waals surface area contributed by atoms with Gasteiger partial charge in [0, 0.05) is 18.3 Å². The van der Waals surface area contributed by atoms with E-state index in [4.69, 9.17) is 0 Å². The van der Waals surface area contributed by atoms with Crippen LogP contribution in [-0.4, -0.2) is 10.7 Å². The largest absolute Gasteiger partial charge is 0.259 e. The average molecular weight is 132 g/mol. The summed E-state index contributed by atoms with van der Waals surface area (Å²) in [5, 5.41) is 0. The minimum Gasteiger partial charge on any atom is -0.259 e. The molecular weight excluding hydrogens is 124 g/mol. The fourth-order valence-electron chi connectivity index (χ4n) is 1.15. The van der Waals surface area contributed by atoms with Crippen molar-refractivity contribution in [3.05, 3.63) is 24.0 Å². The van der Waals surface area contributed by atoms with Crippen LogP contribution in [0.15, 0.2) is 23.3 Å². The SMILES string of the molecule is CC1=Nc2cccnc2C1. The molecular formula is C8H8N2. The maximum Gasteiger partial charge on any atom is 0.0848 e. The molecule has 0 radical (unpaired) electrons. The van der Waals surface area contributed by atoms with Crippen LogP contribution in [0.4, 0.5) is 5.69 Å². The van der Waals surface area contributed by atoms with Crippen molar-refractivity contribution in [3.63, 3.8) is 0 Å². The summed E-state index contributed by atoms with van der Waals surface area (Å²) >= 11 is 0. The van der Waals surface area contributed by atoms with Gasteiger partial charge in [0.1, 0.15) is 0 Å². The molecule has 0 atom stereocenters. The van der Waals surface area contributed by atoms with E-state index >= 15 is 0 Å². The van der Waals surface area contributed by atoms with E-state index in [0.29, 0.717) is 0 Å². The molecule has 0 aromatic carbocycles. The number of pyridine rings is 1. The van der Waals surface area contributed by atoms with Gasteiger partial charge in [-0.2, -0.15) is 0 Å². The third-order valence-corrected chi connectivity index (χ3v) is 1.60. The molecule has 1 aliphatic heterocycles. The molecule has 2 heteroatoms. The van der Waals surface area contributed by atoms with E-state index in [1.54, 1.807) is 0 Å². The van der Waals surface area contributed by atoms with Crippen LogP contribution in [0.5, 0.6) is 0 Å². The van der Waals surface area contributed by atoms with Gasteiger partial charge < -0.3 is 0 Å². The molecule has 2 nitrogen and oxygen atoms in total. The van der Waals surface area contributed by atoms with Gasteiger partial charge in [-0.15, -0.1) is 0 Å². The smallest absolute Gasteiger partial charge is 0.0848 e. The summed E-state index contributed by atoms with van der Waals surface area (Å²) in [6, 6.07) is 3.92. The number of fused-ring (bicyclic) bond motifs is 1. The Balaban J connectivity index is 2.54. The van der Waals surface area contributed by atoms with Crippen molar-refractivity contribution < 1.29 is 0 Å². The molecule has 10 heavy (non-hydrogen) atoms. The monoisotopic (exact) mass is 132 g/mol. The molecule has 50 valence electrons. The first-order valence-corrected chi connectivity index (χ1v) is 3.34. The standard InChI is InChI=1S/C8H8N2/c1-6-5-8-7(10-6)3-2-4-9-8/h2-4H,5H2,1H3. The highest BCUT2D eigenvalue weighted by atomic mass is 14.8. The lowest BCUT2D eigenvalue weighted by Gasteiger charge is -1.90. The van der Waals surface area contributed by atoms with Gasteiger partial charge in [-0.25, -0.2) is 0 Å². The zero-order chi connectivity index (χ0) is 6.97. The van der Waals surface area contributed by atoms with E-state index in [-0.39, 0.29) is 0 Å². The fourth-order valence-corrected chi connectivity index (χ4v) is 1.15. The number of rotatable bonds is 0. The first-order chi connectivity index (χ1) is 4.86. The zero-order valence-corrected chi connectivity index (χ0v) is 5.83. The highest BCUT2D eigenvalue weighted by Gasteiger charge is 2.09. The van der Waals surface area contributed by atoms with Gasteiger partial charge in [-0.05, 0) is 19.1 Å². The minimum absolute atomic E-state index is 0.927. The summed E-state index contributed by atoms with van der Waals surface area (Å²) in [7, 11) is 0. The number of hydrogen-bond acceptors (Lipinski definition) is 2. The summed E-state index contributed by atoms with van der Waals surface area (Å²) in [6.45, 7) is 2.03. The van der Waals surface area contributed by atoms with Crippen molar-refractivity contribution in [1.82, 2.24) is 4.98 Å². The van der Waals surface area contributed by atoms with Crippen LogP contribution in [0.3, 0.4) is 0 Å². The topological polar surface area (TPSA) is 25.2 Å². The Morgan fingerprint density at radius 2 is 2.40 bits per heavy atom. The molecule has 0 spiro atoms.